The van der Waals surface area contributed by atoms with E-state index in [4.69, 9.17) is 11.6 Å². The molecule has 0 saturated carbocycles. The number of nitrogens with zero attached hydrogens (tertiary/aromatic N) is 3. The number of hydrogen-bond donors (Lipinski definition) is 3. The Labute approximate surface area is 110 Å². The van der Waals surface area contributed by atoms with Crippen molar-refractivity contribution in [3.8, 4) is 0 Å². The Morgan fingerprint density at radius 3 is 2.94 bits per heavy atom. The van der Waals surface area contributed by atoms with Crippen LogP contribution in [0.5, 0.6) is 0 Å². The molecule has 2 aromatic rings. The van der Waals surface area contributed by atoms with Crippen LogP contribution in [-0.2, 0) is 0 Å². The Morgan fingerprint density at radius 1 is 1.44 bits per heavy atom. The third kappa shape index (κ3) is 3.08. The minimum Gasteiger partial charge on any atom is -0.391 e. The molecule has 0 aliphatic carbocycles. The largest absolute Gasteiger partial charge is 0.391 e. The zero-order valence-corrected chi connectivity index (χ0v) is 11.1. The van der Waals surface area contributed by atoms with Gasteiger partial charge in [-0.1, -0.05) is 13.8 Å². The predicted octanol–water partition coefficient (Wildman–Crippen LogP) is 1.83. The summed E-state index contributed by atoms with van der Waals surface area (Å²) >= 11 is 5.81. The van der Waals surface area contributed by atoms with E-state index >= 15 is 0 Å². The minimum atomic E-state index is -0.416. The summed E-state index contributed by atoms with van der Waals surface area (Å²) in [4.78, 5) is 8.10. The molecule has 0 radical (unpaired) electrons. The van der Waals surface area contributed by atoms with Gasteiger partial charge in [0.25, 0.3) is 0 Å². The van der Waals surface area contributed by atoms with Crippen molar-refractivity contribution in [3.63, 3.8) is 0 Å². The van der Waals surface area contributed by atoms with Crippen molar-refractivity contribution in [2.24, 2.45) is 5.92 Å². The molecule has 98 valence electrons. The Bertz CT molecular complexity index is 527. The van der Waals surface area contributed by atoms with Crippen molar-refractivity contribution in [1.82, 2.24) is 20.2 Å². The van der Waals surface area contributed by atoms with E-state index in [1.54, 1.807) is 6.20 Å². The summed E-state index contributed by atoms with van der Waals surface area (Å²) in [5.74, 6) is 1.03. The zero-order chi connectivity index (χ0) is 13.1. The van der Waals surface area contributed by atoms with Gasteiger partial charge in [-0.2, -0.15) is 15.1 Å². The van der Waals surface area contributed by atoms with Crippen LogP contribution in [0.3, 0.4) is 0 Å². The highest BCUT2D eigenvalue weighted by molar-refractivity contribution is 6.28. The number of fused-ring (bicyclic) bond motifs is 1. The average molecular weight is 270 g/mol. The molecule has 0 bridgehead atoms. The van der Waals surface area contributed by atoms with Gasteiger partial charge in [-0.15, -0.1) is 0 Å². The normalized spacial score (nSPS) is 13.2. The van der Waals surface area contributed by atoms with E-state index < -0.39 is 6.10 Å². The number of aliphatic hydroxyl groups is 1. The Hall–Kier alpha value is -1.40. The van der Waals surface area contributed by atoms with E-state index in [1.807, 2.05) is 0 Å². The predicted molar refractivity (Wildman–Crippen MR) is 70.6 cm³/mol. The molecule has 0 spiro atoms. The summed E-state index contributed by atoms with van der Waals surface area (Å²) in [6.07, 6.45) is 1.95. The smallest absolute Gasteiger partial charge is 0.226 e. The molecule has 6 nitrogen and oxygen atoms in total. The monoisotopic (exact) mass is 269 g/mol. The molecular formula is C11H16ClN5O. The second-order valence-electron chi connectivity index (χ2n) is 4.64. The highest BCUT2D eigenvalue weighted by atomic mass is 35.5. The molecule has 2 rings (SSSR count). The lowest BCUT2D eigenvalue weighted by Gasteiger charge is -2.14. The minimum absolute atomic E-state index is 0.146. The lowest BCUT2D eigenvalue weighted by molar-refractivity contribution is 0.161. The third-order valence-electron chi connectivity index (χ3n) is 2.53. The fraction of sp³-hybridized carbons (Fsp3) is 0.545. The van der Waals surface area contributed by atoms with Crippen molar-refractivity contribution >= 4 is 28.5 Å². The molecule has 1 unspecified atom stereocenters. The maximum absolute atomic E-state index is 9.81. The van der Waals surface area contributed by atoms with Gasteiger partial charge in [0.05, 0.1) is 17.7 Å². The number of aliphatic hydroxyl groups excluding tert-OH is 1. The van der Waals surface area contributed by atoms with Crippen LogP contribution in [-0.4, -0.2) is 37.9 Å². The summed E-state index contributed by atoms with van der Waals surface area (Å²) in [5.41, 5.74) is 0.579. The van der Waals surface area contributed by atoms with Gasteiger partial charge in [-0.05, 0) is 23.9 Å². The fourth-order valence-corrected chi connectivity index (χ4v) is 1.95. The van der Waals surface area contributed by atoms with Gasteiger partial charge in [0.15, 0.2) is 5.65 Å². The molecule has 0 amide bonds. The molecule has 0 aromatic carbocycles. The van der Waals surface area contributed by atoms with Gasteiger partial charge < -0.3 is 10.4 Å². The molecule has 2 heterocycles. The SMILES string of the molecule is CC(C)CC(O)CNc1nc(Cl)nc2[nH]ncc12. The van der Waals surface area contributed by atoms with E-state index in [9.17, 15) is 5.11 Å². The summed E-state index contributed by atoms with van der Waals surface area (Å²) in [6.45, 7) is 4.56. The topological polar surface area (TPSA) is 86.7 Å². The van der Waals surface area contributed by atoms with Crippen LogP contribution in [0.15, 0.2) is 6.20 Å². The summed E-state index contributed by atoms with van der Waals surface area (Å²) in [6, 6.07) is 0. The number of anilines is 1. The first-order chi connectivity index (χ1) is 8.56. The summed E-state index contributed by atoms with van der Waals surface area (Å²) in [7, 11) is 0. The van der Waals surface area contributed by atoms with E-state index in [2.05, 4.69) is 39.3 Å². The lowest BCUT2D eigenvalue weighted by atomic mass is 10.1. The van der Waals surface area contributed by atoms with Crippen molar-refractivity contribution < 1.29 is 5.11 Å². The molecule has 7 heteroatoms. The maximum Gasteiger partial charge on any atom is 0.226 e. The molecular weight excluding hydrogens is 254 g/mol. The Balaban J connectivity index is 2.09. The number of hydrogen-bond acceptors (Lipinski definition) is 5. The first-order valence-electron chi connectivity index (χ1n) is 5.85. The Morgan fingerprint density at radius 2 is 2.22 bits per heavy atom. The number of rotatable bonds is 5. The highest BCUT2D eigenvalue weighted by Gasteiger charge is 2.11. The third-order valence-corrected chi connectivity index (χ3v) is 2.70. The molecule has 0 aliphatic rings. The van der Waals surface area contributed by atoms with Crippen molar-refractivity contribution in [1.29, 1.82) is 0 Å². The second kappa shape index (κ2) is 5.49. The van der Waals surface area contributed by atoms with Crippen LogP contribution in [0, 0.1) is 5.92 Å². The number of halogens is 1. The zero-order valence-electron chi connectivity index (χ0n) is 10.3. The van der Waals surface area contributed by atoms with Crippen molar-refractivity contribution in [3.05, 3.63) is 11.5 Å². The fourth-order valence-electron chi connectivity index (χ4n) is 1.78. The van der Waals surface area contributed by atoms with Crippen LogP contribution in [0.4, 0.5) is 5.82 Å². The van der Waals surface area contributed by atoms with Crippen molar-refractivity contribution in [2.75, 3.05) is 11.9 Å². The van der Waals surface area contributed by atoms with E-state index in [-0.39, 0.29) is 5.28 Å². The Kier molecular flexibility index (Phi) is 3.98. The van der Waals surface area contributed by atoms with Gasteiger partial charge in [0, 0.05) is 6.54 Å². The quantitative estimate of drug-likeness (QED) is 0.721. The molecule has 0 aliphatic heterocycles. The molecule has 0 saturated heterocycles. The summed E-state index contributed by atoms with van der Waals surface area (Å²) < 4.78 is 0. The van der Waals surface area contributed by atoms with Gasteiger partial charge in [0.1, 0.15) is 5.82 Å². The van der Waals surface area contributed by atoms with E-state index in [0.29, 0.717) is 23.9 Å². The van der Waals surface area contributed by atoms with Crippen LogP contribution in [0.2, 0.25) is 5.28 Å². The molecule has 1 atom stereocenters. The van der Waals surface area contributed by atoms with Gasteiger partial charge >= 0.3 is 0 Å². The van der Waals surface area contributed by atoms with Crippen LogP contribution >= 0.6 is 11.6 Å². The maximum atomic E-state index is 9.81. The average Bonchev–Trinajstić information content (AvgIpc) is 2.72. The van der Waals surface area contributed by atoms with Crippen molar-refractivity contribution in [2.45, 2.75) is 26.4 Å². The molecule has 3 N–H and O–H groups in total. The van der Waals surface area contributed by atoms with Gasteiger partial charge in [-0.25, -0.2) is 0 Å². The van der Waals surface area contributed by atoms with Crippen LogP contribution in [0.1, 0.15) is 20.3 Å². The lowest BCUT2D eigenvalue weighted by Crippen LogP contribution is -2.21. The van der Waals surface area contributed by atoms with Crippen LogP contribution in [0.25, 0.3) is 11.0 Å². The van der Waals surface area contributed by atoms with E-state index in [0.717, 1.165) is 11.8 Å². The first-order valence-corrected chi connectivity index (χ1v) is 6.22. The van der Waals surface area contributed by atoms with E-state index in [1.165, 1.54) is 0 Å². The number of nitrogens with one attached hydrogen (secondary N) is 2. The standard InChI is InChI=1S/C11H16ClN5O/c1-6(2)3-7(18)4-13-9-8-5-14-17-10(8)16-11(12)15-9/h5-7,18H,3-4H2,1-2H3,(H2,13,14,15,16,17). The first kappa shape index (κ1) is 13.0. The molecule has 18 heavy (non-hydrogen) atoms. The van der Waals surface area contributed by atoms with Gasteiger partial charge in [0.2, 0.25) is 5.28 Å². The van der Waals surface area contributed by atoms with Gasteiger partial charge in [-0.3, -0.25) is 5.10 Å². The van der Waals surface area contributed by atoms with Crippen LogP contribution < -0.4 is 5.32 Å². The number of aromatic amines is 1. The summed E-state index contributed by atoms with van der Waals surface area (Å²) in [5, 5.41) is 20.4. The number of aromatic nitrogens is 4. The molecule has 0 fully saturated rings. The number of H-pyrrole nitrogens is 1. The highest BCUT2D eigenvalue weighted by Crippen LogP contribution is 2.20. The molecule has 2 aromatic heterocycles. The second-order valence-corrected chi connectivity index (χ2v) is 4.98.